The molecule has 17 heavy (non-hydrogen) atoms. The first-order valence-corrected chi connectivity index (χ1v) is 5.65. The highest BCUT2D eigenvalue weighted by molar-refractivity contribution is 9.10. The summed E-state index contributed by atoms with van der Waals surface area (Å²) in [4.78, 5) is 8.39. The number of rotatable bonds is 3. The predicted molar refractivity (Wildman–Crippen MR) is 71.4 cm³/mol. The Hall–Kier alpha value is -2.06. The maximum absolute atomic E-state index is 5.27. The van der Waals surface area contributed by atoms with Crippen LogP contribution in [0.4, 0.5) is 11.6 Å². The number of nitrogens with zero attached hydrogens (tertiary/aromatic N) is 2. The van der Waals surface area contributed by atoms with Crippen LogP contribution < -0.4 is 10.9 Å². The van der Waals surface area contributed by atoms with Crippen molar-refractivity contribution in [3.8, 4) is 12.3 Å². The lowest BCUT2D eigenvalue weighted by molar-refractivity contribution is 1.19. The monoisotopic (exact) mass is 288 g/mol. The van der Waals surface area contributed by atoms with Gasteiger partial charge in [0.15, 0.2) is 0 Å². The summed E-state index contributed by atoms with van der Waals surface area (Å²) in [5, 5.41) is 0. The Morgan fingerprint density at radius 3 is 2.29 bits per heavy atom. The molecule has 2 aromatic rings. The molecule has 0 unspecified atom stereocenters. The van der Waals surface area contributed by atoms with E-state index in [1.807, 2.05) is 30.3 Å². The van der Waals surface area contributed by atoms with Gasteiger partial charge in [0, 0.05) is 0 Å². The highest BCUT2D eigenvalue weighted by Gasteiger charge is 1.96. The number of anilines is 2. The van der Waals surface area contributed by atoms with E-state index >= 15 is 0 Å². The van der Waals surface area contributed by atoms with E-state index in [2.05, 4.69) is 42.7 Å². The van der Waals surface area contributed by atoms with Gasteiger partial charge in [-0.15, -0.1) is 6.42 Å². The van der Waals surface area contributed by atoms with E-state index < -0.39 is 0 Å². The van der Waals surface area contributed by atoms with Gasteiger partial charge < -0.3 is 0 Å². The van der Waals surface area contributed by atoms with Crippen molar-refractivity contribution < 1.29 is 0 Å². The average molecular weight is 289 g/mol. The van der Waals surface area contributed by atoms with E-state index in [-0.39, 0.29) is 0 Å². The van der Waals surface area contributed by atoms with Gasteiger partial charge in [-0.3, -0.25) is 10.9 Å². The second-order valence-corrected chi connectivity index (χ2v) is 3.96. The molecule has 0 aliphatic carbocycles. The molecule has 0 amide bonds. The van der Waals surface area contributed by atoms with E-state index in [0.717, 1.165) is 4.60 Å². The second-order valence-electron chi connectivity index (χ2n) is 3.15. The molecule has 2 N–H and O–H groups in total. The zero-order valence-electron chi connectivity index (χ0n) is 8.81. The average Bonchev–Trinajstić information content (AvgIpc) is 2.37. The molecule has 0 saturated carbocycles. The van der Waals surface area contributed by atoms with Crippen LogP contribution in [0.2, 0.25) is 0 Å². The van der Waals surface area contributed by atoms with Gasteiger partial charge in [-0.2, -0.15) is 0 Å². The van der Waals surface area contributed by atoms with Gasteiger partial charge in [-0.05, 0) is 40.2 Å². The topological polar surface area (TPSA) is 49.8 Å². The molecule has 0 radical (unpaired) electrons. The van der Waals surface area contributed by atoms with Crippen molar-refractivity contribution in [3.05, 3.63) is 46.7 Å². The molecule has 0 saturated heterocycles. The van der Waals surface area contributed by atoms with Crippen LogP contribution >= 0.6 is 15.9 Å². The van der Waals surface area contributed by atoms with Crippen LogP contribution in [-0.2, 0) is 0 Å². The molecule has 4 nitrogen and oxygen atoms in total. The third-order valence-electron chi connectivity index (χ3n) is 1.93. The number of hydrogen-bond donors (Lipinski definition) is 2. The Morgan fingerprint density at radius 1 is 1.00 bits per heavy atom. The number of hydrogen-bond acceptors (Lipinski definition) is 4. The lowest BCUT2D eigenvalue weighted by Crippen LogP contribution is -2.11. The van der Waals surface area contributed by atoms with Crippen molar-refractivity contribution in [1.82, 2.24) is 9.97 Å². The van der Waals surface area contributed by atoms with Gasteiger partial charge in [-0.25, -0.2) is 9.97 Å². The molecule has 2 rings (SSSR count). The van der Waals surface area contributed by atoms with Crippen molar-refractivity contribution in [2.75, 3.05) is 10.9 Å². The molecule has 0 spiro atoms. The summed E-state index contributed by atoms with van der Waals surface area (Å²) in [5.41, 5.74) is 6.44. The SMILES string of the molecule is C#Cc1cccc(NNc2cccc(Br)n2)n1. The van der Waals surface area contributed by atoms with E-state index in [4.69, 9.17) is 6.42 Å². The molecular formula is C12H9BrN4. The fourth-order valence-corrected chi connectivity index (χ4v) is 1.53. The van der Waals surface area contributed by atoms with Crippen LogP contribution in [0.1, 0.15) is 5.69 Å². The standard InChI is InChI=1S/C12H9BrN4/c1-2-9-5-3-7-11(14-9)16-17-12-8-4-6-10(13)15-12/h1,3-8H,(H,14,16)(H,15,17). The zero-order valence-corrected chi connectivity index (χ0v) is 10.4. The maximum Gasteiger partial charge on any atom is 0.145 e. The summed E-state index contributed by atoms with van der Waals surface area (Å²) in [5.74, 6) is 3.80. The molecule has 5 heteroatoms. The van der Waals surface area contributed by atoms with Crippen molar-refractivity contribution in [3.63, 3.8) is 0 Å². The number of aromatic nitrogens is 2. The van der Waals surface area contributed by atoms with Gasteiger partial charge in [-0.1, -0.05) is 18.1 Å². The minimum Gasteiger partial charge on any atom is -0.283 e. The Labute approximate surface area is 108 Å². The molecule has 0 aliphatic heterocycles. The molecule has 0 aliphatic rings. The minimum absolute atomic E-state index is 0.582. The Bertz CT molecular complexity index is 562. The summed E-state index contributed by atoms with van der Waals surface area (Å²) in [7, 11) is 0. The molecule has 0 bridgehead atoms. The van der Waals surface area contributed by atoms with Crippen LogP contribution in [0.3, 0.4) is 0 Å². The largest absolute Gasteiger partial charge is 0.283 e. The fourth-order valence-electron chi connectivity index (χ4n) is 1.19. The quantitative estimate of drug-likeness (QED) is 0.518. The zero-order chi connectivity index (χ0) is 12.1. The predicted octanol–water partition coefficient (Wildman–Crippen LogP) is 2.66. The van der Waals surface area contributed by atoms with E-state index in [1.54, 1.807) is 6.07 Å². The molecule has 0 fully saturated rings. The number of terminal acetylenes is 1. The van der Waals surface area contributed by atoms with Crippen LogP contribution in [0.15, 0.2) is 41.0 Å². The maximum atomic E-state index is 5.27. The van der Waals surface area contributed by atoms with E-state index in [0.29, 0.717) is 17.3 Å². The third kappa shape index (κ3) is 3.20. The van der Waals surface area contributed by atoms with Gasteiger partial charge in [0.2, 0.25) is 0 Å². The summed E-state index contributed by atoms with van der Waals surface area (Å²) >= 11 is 3.29. The number of pyridine rings is 2. The van der Waals surface area contributed by atoms with Crippen LogP contribution in [-0.4, -0.2) is 9.97 Å². The van der Waals surface area contributed by atoms with Crippen LogP contribution in [0, 0.1) is 12.3 Å². The molecule has 0 aromatic carbocycles. The van der Waals surface area contributed by atoms with Crippen LogP contribution in [0.5, 0.6) is 0 Å². The summed E-state index contributed by atoms with van der Waals surface area (Å²) in [6.45, 7) is 0. The van der Waals surface area contributed by atoms with Crippen molar-refractivity contribution in [1.29, 1.82) is 0 Å². The van der Waals surface area contributed by atoms with Crippen molar-refractivity contribution in [2.24, 2.45) is 0 Å². The first-order valence-electron chi connectivity index (χ1n) is 4.86. The summed E-state index contributed by atoms with van der Waals surface area (Å²) in [6.07, 6.45) is 5.27. The van der Waals surface area contributed by atoms with Gasteiger partial charge in [0.05, 0.1) is 0 Å². The Balaban J connectivity index is 2.05. The number of nitrogens with one attached hydrogen (secondary N) is 2. The van der Waals surface area contributed by atoms with Gasteiger partial charge in [0.25, 0.3) is 0 Å². The molecule has 84 valence electrons. The van der Waals surface area contributed by atoms with Crippen molar-refractivity contribution in [2.45, 2.75) is 0 Å². The second kappa shape index (κ2) is 5.32. The van der Waals surface area contributed by atoms with Gasteiger partial charge in [0.1, 0.15) is 21.9 Å². The third-order valence-corrected chi connectivity index (χ3v) is 2.37. The number of halogens is 1. The Kier molecular flexibility index (Phi) is 3.58. The molecule has 2 aromatic heterocycles. The smallest absolute Gasteiger partial charge is 0.145 e. The Morgan fingerprint density at radius 2 is 1.65 bits per heavy atom. The normalized spacial score (nSPS) is 9.41. The van der Waals surface area contributed by atoms with E-state index in [1.165, 1.54) is 0 Å². The highest BCUT2D eigenvalue weighted by atomic mass is 79.9. The fraction of sp³-hybridized carbons (Fsp3) is 0. The van der Waals surface area contributed by atoms with Gasteiger partial charge >= 0.3 is 0 Å². The summed E-state index contributed by atoms with van der Waals surface area (Å²) < 4.78 is 0.759. The molecule has 2 heterocycles. The molecule has 0 atom stereocenters. The molecular weight excluding hydrogens is 280 g/mol. The first-order chi connectivity index (χ1) is 8.28. The minimum atomic E-state index is 0.582. The van der Waals surface area contributed by atoms with Crippen molar-refractivity contribution >= 4 is 27.6 Å². The highest BCUT2D eigenvalue weighted by Crippen LogP contribution is 2.10. The van der Waals surface area contributed by atoms with Crippen LogP contribution in [0.25, 0.3) is 0 Å². The van der Waals surface area contributed by atoms with E-state index in [9.17, 15) is 0 Å². The lowest BCUT2D eigenvalue weighted by atomic mass is 10.3. The lowest BCUT2D eigenvalue weighted by Gasteiger charge is -2.08. The first kappa shape index (κ1) is 11.4. The summed E-state index contributed by atoms with van der Waals surface area (Å²) in [6, 6.07) is 11.0. The number of hydrazine groups is 1.